The van der Waals surface area contributed by atoms with Crippen LogP contribution in [0.3, 0.4) is 0 Å². The van der Waals surface area contributed by atoms with E-state index in [1.807, 2.05) is 18.2 Å². The highest BCUT2D eigenvalue weighted by atomic mass is 32.2. The van der Waals surface area contributed by atoms with Crippen molar-refractivity contribution in [2.75, 3.05) is 13.2 Å². The van der Waals surface area contributed by atoms with Crippen LogP contribution in [0.2, 0.25) is 0 Å². The fourth-order valence-corrected chi connectivity index (χ4v) is 5.33. The zero-order chi connectivity index (χ0) is 15.0. The lowest BCUT2D eigenvalue weighted by molar-refractivity contribution is -0.218. The number of carbonyl (C=O) groups is 1. The van der Waals surface area contributed by atoms with Crippen LogP contribution >= 0.6 is 11.8 Å². The van der Waals surface area contributed by atoms with Gasteiger partial charge in [0.05, 0.1) is 18.5 Å². The maximum atomic E-state index is 12.6. The summed E-state index contributed by atoms with van der Waals surface area (Å²) in [6, 6.07) is 10.2. The zero-order valence-electron chi connectivity index (χ0n) is 12.4. The van der Waals surface area contributed by atoms with Gasteiger partial charge in [-0.3, -0.25) is 4.79 Å². The summed E-state index contributed by atoms with van der Waals surface area (Å²) in [5.41, 5.74) is 0. The van der Waals surface area contributed by atoms with Crippen LogP contribution in [0.25, 0.3) is 0 Å². The summed E-state index contributed by atoms with van der Waals surface area (Å²) >= 11 is 1.73. The molecule has 116 valence electrons. The Morgan fingerprint density at radius 2 is 1.77 bits per heavy atom. The number of hydrogen-bond donors (Lipinski definition) is 0. The molecule has 1 spiro atoms. The van der Waals surface area contributed by atoms with Gasteiger partial charge in [-0.2, -0.15) is 0 Å². The Kier molecular flexibility index (Phi) is 3.84. The highest BCUT2D eigenvalue weighted by Gasteiger charge is 2.58. The number of fused-ring (bicyclic) bond motifs is 2. The minimum absolute atomic E-state index is 0.0395. The molecule has 2 aliphatic carbocycles. The summed E-state index contributed by atoms with van der Waals surface area (Å²) in [5.74, 6) is -0.00480. The van der Waals surface area contributed by atoms with Crippen molar-refractivity contribution in [2.24, 2.45) is 11.8 Å². The zero-order valence-corrected chi connectivity index (χ0v) is 13.3. The number of allylic oxidation sites excluding steroid dienone is 2. The fraction of sp³-hybridized carbons (Fsp3) is 0.500. The number of rotatable bonds is 2. The van der Waals surface area contributed by atoms with Gasteiger partial charge in [0.25, 0.3) is 0 Å². The molecule has 1 heterocycles. The lowest BCUT2D eigenvalue weighted by Crippen LogP contribution is -2.57. The monoisotopic (exact) mass is 316 g/mol. The summed E-state index contributed by atoms with van der Waals surface area (Å²) in [5, 5.41) is 0.0395. The van der Waals surface area contributed by atoms with Gasteiger partial charge in [-0.1, -0.05) is 30.4 Å². The van der Waals surface area contributed by atoms with Crippen molar-refractivity contribution in [3.8, 4) is 0 Å². The third-order valence-electron chi connectivity index (χ3n) is 4.96. The molecular formula is C18H20O3S. The first kappa shape index (κ1) is 14.5. The summed E-state index contributed by atoms with van der Waals surface area (Å²) in [7, 11) is 0. The predicted molar refractivity (Wildman–Crippen MR) is 85.7 cm³/mol. The Balaban J connectivity index is 1.67. The summed E-state index contributed by atoms with van der Waals surface area (Å²) in [4.78, 5) is 13.8. The average Bonchev–Trinajstić information content (AvgIpc) is 3.05. The largest absolute Gasteiger partial charge is 0.346 e. The molecule has 0 amide bonds. The SMILES string of the molecule is O=C1C[C@@H](Sc2ccccc2)C2(OCCO2)[C@@H]2CC=CC[C@H]12. The van der Waals surface area contributed by atoms with Gasteiger partial charge in [-0.15, -0.1) is 11.8 Å². The molecule has 2 fully saturated rings. The number of ether oxygens (including phenoxy) is 2. The van der Waals surface area contributed by atoms with Crippen molar-refractivity contribution in [3.63, 3.8) is 0 Å². The van der Waals surface area contributed by atoms with Crippen LogP contribution in [-0.4, -0.2) is 30.0 Å². The van der Waals surface area contributed by atoms with Gasteiger partial charge in [0.2, 0.25) is 0 Å². The van der Waals surface area contributed by atoms with Crippen molar-refractivity contribution >= 4 is 17.5 Å². The minimum atomic E-state index is -0.593. The van der Waals surface area contributed by atoms with Crippen molar-refractivity contribution in [1.82, 2.24) is 0 Å². The van der Waals surface area contributed by atoms with Gasteiger partial charge < -0.3 is 9.47 Å². The van der Waals surface area contributed by atoms with Crippen molar-refractivity contribution in [3.05, 3.63) is 42.5 Å². The Bertz CT molecular complexity index is 577. The third-order valence-corrected chi connectivity index (χ3v) is 6.28. The minimum Gasteiger partial charge on any atom is -0.346 e. The van der Waals surface area contributed by atoms with E-state index in [1.165, 1.54) is 4.90 Å². The smallest absolute Gasteiger partial charge is 0.184 e. The van der Waals surface area contributed by atoms with Crippen LogP contribution in [0.1, 0.15) is 19.3 Å². The van der Waals surface area contributed by atoms with E-state index >= 15 is 0 Å². The number of Topliss-reactive ketones (excluding diaryl/α,β-unsaturated/α-hetero) is 1. The van der Waals surface area contributed by atoms with Crippen molar-refractivity contribution in [2.45, 2.75) is 35.2 Å². The third kappa shape index (κ3) is 2.34. The van der Waals surface area contributed by atoms with E-state index in [4.69, 9.17) is 9.47 Å². The summed E-state index contributed by atoms with van der Waals surface area (Å²) < 4.78 is 12.3. The first-order chi connectivity index (χ1) is 10.8. The Morgan fingerprint density at radius 3 is 2.55 bits per heavy atom. The quantitative estimate of drug-likeness (QED) is 0.783. The lowest BCUT2D eigenvalue weighted by Gasteiger charge is -2.48. The first-order valence-corrected chi connectivity index (χ1v) is 8.85. The summed E-state index contributed by atoms with van der Waals surface area (Å²) in [6.45, 7) is 1.26. The molecular weight excluding hydrogens is 296 g/mol. The molecule has 22 heavy (non-hydrogen) atoms. The van der Waals surface area contributed by atoms with E-state index in [0.29, 0.717) is 25.4 Å². The summed E-state index contributed by atoms with van der Waals surface area (Å²) in [6.07, 6.45) is 6.56. The van der Waals surface area contributed by atoms with Crippen LogP contribution in [-0.2, 0) is 14.3 Å². The topological polar surface area (TPSA) is 35.5 Å². The molecule has 1 aromatic rings. The van der Waals surface area contributed by atoms with Gasteiger partial charge in [-0.05, 0) is 25.0 Å². The second-order valence-corrected chi connectivity index (χ2v) is 7.44. The number of ketones is 1. The van der Waals surface area contributed by atoms with E-state index in [2.05, 4.69) is 24.3 Å². The molecule has 0 bridgehead atoms. The highest BCUT2D eigenvalue weighted by Crippen LogP contribution is 2.52. The van der Waals surface area contributed by atoms with Crippen LogP contribution in [0.15, 0.2) is 47.4 Å². The number of hydrogen-bond acceptors (Lipinski definition) is 4. The number of carbonyl (C=O) groups excluding carboxylic acids is 1. The van der Waals surface area contributed by atoms with Crippen LogP contribution in [0, 0.1) is 11.8 Å². The van der Waals surface area contributed by atoms with Crippen LogP contribution in [0.4, 0.5) is 0 Å². The number of benzene rings is 1. The van der Waals surface area contributed by atoms with Gasteiger partial charge in [-0.25, -0.2) is 0 Å². The molecule has 3 nitrogen and oxygen atoms in total. The van der Waals surface area contributed by atoms with Crippen LogP contribution < -0.4 is 0 Å². The molecule has 4 rings (SSSR count). The maximum Gasteiger partial charge on any atom is 0.184 e. The molecule has 0 radical (unpaired) electrons. The molecule has 3 atom stereocenters. The van der Waals surface area contributed by atoms with Crippen molar-refractivity contribution in [1.29, 1.82) is 0 Å². The van der Waals surface area contributed by atoms with Gasteiger partial charge in [0.15, 0.2) is 5.79 Å². The van der Waals surface area contributed by atoms with Gasteiger partial charge in [0.1, 0.15) is 5.78 Å². The number of thioether (sulfide) groups is 1. The molecule has 1 aromatic carbocycles. The van der Waals surface area contributed by atoms with Gasteiger partial charge >= 0.3 is 0 Å². The first-order valence-electron chi connectivity index (χ1n) is 7.97. The molecule has 0 N–H and O–H groups in total. The normalized spacial score (nSPS) is 33.1. The fourth-order valence-electron chi connectivity index (χ4n) is 3.96. The maximum absolute atomic E-state index is 12.6. The second-order valence-electron chi connectivity index (χ2n) is 6.16. The Hall–Kier alpha value is -1.10. The lowest BCUT2D eigenvalue weighted by atomic mass is 9.68. The van der Waals surface area contributed by atoms with Crippen molar-refractivity contribution < 1.29 is 14.3 Å². The van der Waals surface area contributed by atoms with E-state index in [9.17, 15) is 4.79 Å². The van der Waals surface area contributed by atoms with E-state index < -0.39 is 5.79 Å². The predicted octanol–water partition coefficient (Wildman–Crippen LogP) is 3.45. The van der Waals surface area contributed by atoms with Gasteiger partial charge in [0, 0.05) is 23.2 Å². The van der Waals surface area contributed by atoms with Crippen LogP contribution in [0.5, 0.6) is 0 Å². The average molecular weight is 316 g/mol. The molecule has 0 unspecified atom stereocenters. The Morgan fingerprint density at radius 1 is 1.05 bits per heavy atom. The second kappa shape index (κ2) is 5.84. The standard InChI is InChI=1S/C18H20O3S/c19-16-12-17(22-13-6-2-1-3-7-13)18(20-10-11-21-18)15-9-5-4-8-14(15)16/h1-7,14-15,17H,8-12H2/t14-,15+,17+/m0/s1. The highest BCUT2D eigenvalue weighted by molar-refractivity contribution is 8.00. The molecule has 1 saturated heterocycles. The molecule has 0 aromatic heterocycles. The molecule has 3 aliphatic rings. The van der Waals surface area contributed by atoms with E-state index in [0.717, 1.165) is 12.8 Å². The van der Waals surface area contributed by atoms with E-state index in [-0.39, 0.29) is 17.1 Å². The molecule has 1 aliphatic heterocycles. The molecule has 4 heteroatoms. The Labute approximate surface area is 135 Å². The van der Waals surface area contributed by atoms with E-state index in [1.54, 1.807) is 11.8 Å². The molecule has 1 saturated carbocycles.